The molecule has 29 heavy (non-hydrogen) atoms. The van der Waals surface area contributed by atoms with Crippen LogP contribution in [0.4, 0.5) is 5.69 Å². The Hall–Kier alpha value is -2.74. The molecule has 1 aromatic carbocycles. The van der Waals surface area contributed by atoms with Crippen LogP contribution in [0.3, 0.4) is 0 Å². The summed E-state index contributed by atoms with van der Waals surface area (Å²) in [6.45, 7) is 6.98. The zero-order valence-electron chi connectivity index (χ0n) is 16.8. The number of aryl methyl sites for hydroxylation is 3. The predicted octanol–water partition coefficient (Wildman–Crippen LogP) is 2.81. The van der Waals surface area contributed by atoms with Crippen molar-refractivity contribution in [3.63, 3.8) is 0 Å². The second-order valence-corrected chi connectivity index (χ2v) is 9.25. The Morgan fingerprint density at radius 3 is 2.52 bits per heavy atom. The van der Waals surface area contributed by atoms with E-state index >= 15 is 0 Å². The molecule has 0 radical (unpaired) electrons. The normalized spacial score (nSPS) is 18.3. The van der Waals surface area contributed by atoms with Crippen molar-refractivity contribution in [1.29, 1.82) is 0 Å². The molecule has 8 heteroatoms. The summed E-state index contributed by atoms with van der Waals surface area (Å²) in [5, 5.41) is 3.04. The Kier molecular flexibility index (Phi) is 4.90. The van der Waals surface area contributed by atoms with Gasteiger partial charge in [0.1, 0.15) is 4.90 Å². The molecule has 7 nitrogen and oxygen atoms in total. The van der Waals surface area contributed by atoms with Crippen LogP contribution in [0.25, 0.3) is 0 Å². The Labute approximate surface area is 170 Å². The van der Waals surface area contributed by atoms with Crippen molar-refractivity contribution >= 4 is 27.5 Å². The number of piperidine rings is 1. The van der Waals surface area contributed by atoms with Crippen LogP contribution < -0.4 is 5.32 Å². The van der Waals surface area contributed by atoms with Crippen LogP contribution in [0, 0.1) is 26.7 Å². The molecule has 0 atom stereocenters. The minimum Gasteiger partial charge on any atom is -0.355 e. The van der Waals surface area contributed by atoms with Gasteiger partial charge in [0.25, 0.3) is 10.0 Å². The summed E-state index contributed by atoms with van der Waals surface area (Å²) in [6.07, 6.45) is 1.29. The molecule has 152 valence electrons. The van der Waals surface area contributed by atoms with Crippen LogP contribution >= 0.6 is 0 Å². The minimum absolute atomic E-state index is 0.0112. The number of nitrogens with one attached hydrogen (secondary N) is 1. The van der Waals surface area contributed by atoms with Crippen molar-refractivity contribution in [2.75, 3.05) is 18.4 Å². The first-order chi connectivity index (χ1) is 13.8. The van der Waals surface area contributed by atoms with E-state index in [-0.39, 0.29) is 16.7 Å². The zero-order valence-corrected chi connectivity index (χ0v) is 17.6. The van der Waals surface area contributed by atoms with Crippen molar-refractivity contribution in [1.82, 2.24) is 9.88 Å². The molecule has 0 aliphatic carbocycles. The highest BCUT2D eigenvalue weighted by Gasteiger charge is 2.34. The number of aromatic nitrogens is 1. The molecule has 2 aromatic rings. The lowest BCUT2D eigenvalue weighted by molar-refractivity contribution is -0.121. The Morgan fingerprint density at radius 2 is 1.83 bits per heavy atom. The van der Waals surface area contributed by atoms with Gasteiger partial charge in [-0.05, 0) is 57.4 Å². The van der Waals surface area contributed by atoms with E-state index in [0.29, 0.717) is 37.3 Å². The van der Waals surface area contributed by atoms with E-state index in [1.54, 1.807) is 18.2 Å². The summed E-state index contributed by atoms with van der Waals surface area (Å²) in [6, 6.07) is 8.85. The van der Waals surface area contributed by atoms with Crippen molar-refractivity contribution in [3.8, 4) is 0 Å². The first-order valence-electron chi connectivity index (χ1n) is 9.71. The van der Waals surface area contributed by atoms with Gasteiger partial charge in [-0.1, -0.05) is 12.1 Å². The first kappa shape index (κ1) is 19.6. The standard InChI is InChI=1S/C21H24N4O3S/c1-13-12-14(2)22-15(3)19(13)23-21(26)16-8-10-25(11-9-16)20-17-6-4-5-7-18(17)29(27,28)24-20/h4-7,12,16H,8-11H2,1-3H3,(H,23,26). The second kappa shape index (κ2) is 7.26. The fourth-order valence-electron chi connectivity index (χ4n) is 4.11. The molecule has 1 amide bonds. The van der Waals surface area contributed by atoms with Crippen molar-refractivity contribution < 1.29 is 13.2 Å². The number of hydrogen-bond acceptors (Lipinski definition) is 5. The largest absolute Gasteiger partial charge is 0.355 e. The molecule has 0 unspecified atom stereocenters. The third kappa shape index (κ3) is 3.64. The topological polar surface area (TPSA) is 91.7 Å². The van der Waals surface area contributed by atoms with E-state index in [2.05, 4.69) is 14.7 Å². The fourth-order valence-corrected chi connectivity index (χ4v) is 5.34. The Bertz CT molecular complexity index is 1090. The quantitative estimate of drug-likeness (QED) is 0.819. The lowest BCUT2D eigenvalue weighted by Crippen LogP contribution is -2.41. The van der Waals surface area contributed by atoms with Crippen molar-refractivity contribution in [3.05, 3.63) is 52.8 Å². The maximum absolute atomic E-state index is 12.8. The van der Waals surface area contributed by atoms with Gasteiger partial charge in [0.05, 0.1) is 11.4 Å². The number of benzene rings is 1. The molecular formula is C21H24N4O3S. The van der Waals surface area contributed by atoms with Gasteiger partial charge in [-0.3, -0.25) is 9.78 Å². The number of carbonyl (C=O) groups is 1. The molecule has 3 heterocycles. The van der Waals surface area contributed by atoms with Gasteiger partial charge in [0, 0.05) is 30.3 Å². The lowest BCUT2D eigenvalue weighted by Gasteiger charge is -2.32. The molecule has 0 saturated carbocycles. The Balaban J connectivity index is 1.45. The minimum atomic E-state index is -3.63. The van der Waals surface area contributed by atoms with Gasteiger partial charge in [-0.2, -0.15) is 8.42 Å². The third-order valence-electron chi connectivity index (χ3n) is 5.55. The van der Waals surface area contributed by atoms with Crippen LogP contribution in [0.15, 0.2) is 39.6 Å². The monoisotopic (exact) mass is 412 g/mol. The molecule has 0 spiro atoms. The smallest absolute Gasteiger partial charge is 0.285 e. The first-order valence-corrected chi connectivity index (χ1v) is 11.2. The number of likely N-dealkylation sites (tertiary alicyclic amines) is 1. The van der Waals surface area contributed by atoms with Crippen LogP contribution in [-0.4, -0.2) is 43.1 Å². The molecule has 2 aliphatic rings. The number of fused-ring (bicyclic) bond motifs is 1. The summed E-state index contributed by atoms with van der Waals surface area (Å²) < 4.78 is 28.6. The number of pyridine rings is 1. The lowest BCUT2D eigenvalue weighted by atomic mass is 9.95. The zero-order chi connectivity index (χ0) is 20.8. The maximum atomic E-state index is 12.8. The van der Waals surface area contributed by atoms with Gasteiger partial charge in [-0.25, -0.2) is 0 Å². The van der Waals surface area contributed by atoms with Crippen LogP contribution in [-0.2, 0) is 14.8 Å². The van der Waals surface area contributed by atoms with E-state index in [0.717, 1.165) is 22.6 Å². The van der Waals surface area contributed by atoms with Gasteiger partial charge < -0.3 is 10.2 Å². The van der Waals surface area contributed by atoms with E-state index in [4.69, 9.17) is 0 Å². The molecule has 4 rings (SSSR count). The molecule has 2 aliphatic heterocycles. The average molecular weight is 413 g/mol. The number of sulfonamides is 1. The van der Waals surface area contributed by atoms with E-state index < -0.39 is 10.0 Å². The van der Waals surface area contributed by atoms with Gasteiger partial charge in [-0.15, -0.1) is 4.40 Å². The highest BCUT2D eigenvalue weighted by molar-refractivity contribution is 7.90. The Morgan fingerprint density at radius 1 is 1.14 bits per heavy atom. The SMILES string of the molecule is Cc1cc(C)c(NC(=O)C2CCN(C3=NS(=O)(=O)c4ccccc43)CC2)c(C)n1. The second-order valence-electron chi connectivity index (χ2n) is 7.68. The van der Waals surface area contributed by atoms with Crippen LogP contribution in [0.5, 0.6) is 0 Å². The van der Waals surface area contributed by atoms with E-state index in [1.807, 2.05) is 37.8 Å². The predicted molar refractivity (Wildman–Crippen MR) is 112 cm³/mol. The van der Waals surface area contributed by atoms with E-state index in [9.17, 15) is 13.2 Å². The molecule has 1 aromatic heterocycles. The maximum Gasteiger partial charge on any atom is 0.285 e. The number of nitrogens with zero attached hydrogens (tertiary/aromatic N) is 3. The summed E-state index contributed by atoms with van der Waals surface area (Å²) in [5.74, 6) is 0.358. The van der Waals surface area contributed by atoms with Gasteiger partial charge >= 0.3 is 0 Å². The number of hydrogen-bond donors (Lipinski definition) is 1. The van der Waals surface area contributed by atoms with Crippen LogP contribution in [0.1, 0.15) is 35.4 Å². The summed E-state index contributed by atoms with van der Waals surface area (Å²) in [5.41, 5.74) is 4.17. The van der Waals surface area contributed by atoms with Gasteiger partial charge in [0.2, 0.25) is 5.91 Å². The van der Waals surface area contributed by atoms with E-state index in [1.165, 1.54) is 0 Å². The summed E-state index contributed by atoms with van der Waals surface area (Å²) in [4.78, 5) is 19.5. The van der Waals surface area contributed by atoms with Crippen molar-refractivity contribution in [2.45, 2.75) is 38.5 Å². The van der Waals surface area contributed by atoms with Crippen LogP contribution in [0.2, 0.25) is 0 Å². The molecule has 0 bridgehead atoms. The molecule has 1 fully saturated rings. The summed E-state index contributed by atoms with van der Waals surface area (Å²) >= 11 is 0. The highest BCUT2D eigenvalue weighted by atomic mass is 32.2. The number of amides is 1. The number of rotatable bonds is 2. The average Bonchev–Trinajstić information content (AvgIpc) is 2.96. The number of carbonyl (C=O) groups excluding carboxylic acids is 1. The van der Waals surface area contributed by atoms with Gasteiger partial charge in [0.15, 0.2) is 5.84 Å². The molecule has 1 N–H and O–H groups in total. The van der Waals surface area contributed by atoms with Crippen molar-refractivity contribution in [2.24, 2.45) is 10.3 Å². The highest BCUT2D eigenvalue weighted by Crippen LogP contribution is 2.30. The number of anilines is 1. The molecule has 1 saturated heterocycles. The fraction of sp³-hybridized carbons (Fsp3) is 0.381. The number of amidine groups is 1. The molecular weight excluding hydrogens is 388 g/mol. The third-order valence-corrected chi connectivity index (χ3v) is 6.88. The summed E-state index contributed by atoms with van der Waals surface area (Å²) in [7, 11) is -3.63.